The van der Waals surface area contributed by atoms with Crippen LogP contribution >= 0.6 is 12.2 Å². The molecule has 0 bridgehead atoms. The van der Waals surface area contributed by atoms with Gasteiger partial charge in [0.2, 0.25) is 11.8 Å². The van der Waals surface area contributed by atoms with Gasteiger partial charge in [-0.1, -0.05) is 29.8 Å². The Morgan fingerprint density at radius 1 is 1.28 bits per heavy atom. The van der Waals surface area contributed by atoms with Crippen molar-refractivity contribution in [2.24, 2.45) is 5.92 Å². The van der Waals surface area contributed by atoms with Crippen LogP contribution in [0, 0.1) is 17.6 Å². The molecular formula is C22H29N5O4S. The van der Waals surface area contributed by atoms with E-state index in [9.17, 15) is 14.4 Å². The number of nitrogens with zero attached hydrogens (tertiary/aromatic N) is 4. The molecule has 10 heteroatoms. The van der Waals surface area contributed by atoms with Gasteiger partial charge in [-0.05, 0) is 38.9 Å². The summed E-state index contributed by atoms with van der Waals surface area (Å²) in [4.78, 5) is 40.7. The molecule has 32 heavy (non-hydrogen) atoms. The van der Waals surface area contributed by atoms with E-state index < -0.39 is 0 Å². The van der Waals surface area contributed by atoms with Gasteiger partial charge in [0.15, 0.2) is 10.6 Å². The van der Waals surface area contributed by atoms with Gasteiger partial charge in [0, 0.05) is 25.7 Å². The molecule has 172 valence electrons. The fourth-order valence-electron chi connectivity index (χ4n) is 3.69. The number of aryl methyl sites for hydroxylation is 1. The molecule has 0 saturated carbocycles. The van der Waals surface area contributed by atoms with E-state index in [2.05, 4.69) is 10.2 Å². The number of aromatic nitrogens is 3. The number of benzene rings is 1. The lowest BCUT2D eigenvalue weighted by atomic mass is 9.98. The highest BCUT2D eigenvalue weighted by atomic mass is 32.1. The Bertz CT molecular complexity index is 1030. The van der Waals surface area contributed by atoms with Crippen molar-refractivity contribution in [2.45, 2.75) is 33.2 Å². The maximum absolute atomic E-state index is 12.8. The van der Waals surface area contributed by atoms with Crippen LogP contribution in [-0.2, 0) is 25.7 Å². The van der Waals surface area contributed by atoms with E-state index in [0.29, 0.717) is 36.7 Å². The van der Waals surface area contributed by atoms with Crippen LogP contribution in [0.2, 0.25) is 0 Å². The van der Waals surface area contributed by atoms with Gasteiger partial charge >= 0.3 is 5.97 Å². The zero-order valence-electron chi connectivity index (χ0n) is 18.7. The molecular weight excluding hydrogens is 430 g/mol. The summed E-state index contributed by atoms with van der Waals surface area (Å²) in [6.07, 6.45) is 1.44. The molecule has 1 aromatic heterocycles. The summed E-state index contributed by atoms with van der Waals surface area (Å²) in [7, 11) is 1.59. The minimum Gasteiger partial charge on any atom is -0.466 e. The molecule has 1 saturated heterocycles. The first-order chi connectivity index (χ1) is 15.3. The van der Waals surface area contributed by atoms with Crippen molar-refractivity contribution >= 4 is 30.0 Å². The van der Waals surface area contributed by atoms with Crippen LogP contribution in [0.15, 0.2) is 24.3 Å². The van der Waals surface area contributed by atoms with Crippen LogP contribution in [0.25, 0.3) is 11.4 Å². The lowest BCUT2D eigenvalue weighted by Gasteiger charge is -2.32. The van der Waals surface area contributed by atoms with Gasteiger partial charge in [-0.15, -0.1) is 0 Å². The molecule has 9 nitrogen and oxygen atoms in total. The molecule has 1 aromatic carbocycles. The number of aromatic amines is 1. The number of nitrogens with one attached hydrogen (secondary N) is 1. The molecule has 1 aliphatic rings. The Morgan fingerprint density at radius 2 is 2.00 bits per heavy atom. The van der Waals surface area contributed by atoms with Crippen molar-refractivity contribution in [3.63, 3.8) is 0 Å². The van der Waals surface area contributed by atoms with Gasteiger partial charge in [-0.3, -0.25) is 24.0 Å². The summed E-state index contributed by atoms with van der Waals surface area (Å²) in [5, 5.41) is 7.00. The minimum absolute atomic E-state index is 0.0340. The zero-order valence-corrected chi connectivity index (χ0v) is 19.5. The summed E-state index contributed by atoms with van der Waals surface area (Å²) < 4.78 is 7.05. The maximum atomic E-state index is 12.8. The summed E-state index contributed by atoms with van der Waals surface area (Å²) in [6.45, 7) is 4.87. The van der Waals surface area contributed by atoms with Crippen LogP contribution in [-0.4, -0.2) is 75.6 Å². The van der Waals surface area contributed by atoms with Gasteiger partial charge in [0.05, 0.1) is 19.1 Å². The number of carbonyl (C=O) groups excluding carboxylic acids is 3. The second kappa shape index (κ2) is 10.5. The Labute approximate surface area is 192 Å². The molecule has 2 heterocycles. The third kappa shape index (κ3) is 5.61. The lowest BCUT2D eigenvalue weighted by Crippen LogP contribution is -2.47. The number of amides is 2. The number of rotatable bonds is 7. The molecule has 0 radical (unpaired) electrons. The lowest BCUT2D eigenvalue weighted by molar-refractivity contribution is -0.152. The van der Waals surface area contributed by atoms with Crippen molar-refractivity contribution in [2.75, 3.05) is 33.3 Å². The van der Waals surface area contributed by atoms with Crippen LogP contribution < -0.4 is 0 Å². The number of hydrogen-bond donors (Lipinski definition) is 1. The molecule has 0 aliphatic carbocycles. The largest absolute Gasteiger partial charge is 0.466 e. The first-order valence-corrected chi connectivity index (χ1v) is 11.1. The van der Waals surface area contributed by atoms with E-state index in [-0.39, 0.29) is 36.8 Å². The van der Waals surface area contributed by atoms with E-state index in [0.717, 1.165) is 17.5 Å². The molecule has 1 aliphatic heterocycles. The molecule has 2 aromatic rings. The van der Waals surface area contributed by atoms with Gasteiger partial charge in [0.1, 0.15) is 6.54 Å². The molecule has 1 atom stereocenters. The Kier molecular flexibility index (Phi) is 7.79. The Morgan fingerprint density at radius 3 is 2.69 bits per heavy atom. The summed E-state index contributed by atoms with van der Waals surface area (Å²) in [5.74, 6) is -0.466. The van der Waals surface area contributed by atoms with Crippen molar-refractivity contribution in [1.29, 1.82) is 0 Å². The molecule has 2 amide bonds. The van der Waals surface area contributed by atoms with E-state index in [4.69, 9.17) is 17.0 Å². The number of ether oxygens (including phenoxy) is 1. The summed E-state index contributed by atoms with van der Waals surface area (Å²) in [6, 6.07) is 7.77. The number of hydrogen-bond acceptors (Lipinski definition) is 6. The second-order valence-corrected chi connectivity index (χ2v) is 8.37. The summed E-state index contributed by atoms with van der Waals surface area (Å²) in [5.41, 5.74) is 1.96. The van der Waals surface area contributed by atoms with Crippen LogP contribution in [0.1, 0.15) is 25.3 Å². The fraction of sp³-hybridized carbons (Fsp3) is 0.500. The number of likely N-dealkylation sites (N-methyl/N-ethyl adjacent to an activating group) is 1. The van der Waals surface area contributed by atoms with Gasteiger partial charge in [-0.25, -0.2) is 0 Å². The first-order valence-electron chi connectivity index (χ1n) is 10.7. The predicted molar refractivity (Wildman–Crippen MR) is 121 cm³/mol. The SMILES string of the molecule is CCOC(=O)C1CCCN(C(=O)CN(C)C(=O)Cn2c(-c3ccc(C)cc3)n[nH]c2=S)C1. The average Bonchev–Trinajstić information content (AvgIpc) is 3.14. The van der Waals surface area contributed by atoms with E-state index in [1.165, 1.54) is 4.90 Å². The van der Waals surface area contributed by atoms with E-state index in [1.54, 1.807) is 23.4 Å². The number of carbonyl (C=O) groups is 3. The Balaban J connectivity index is 1.62. The van der Waals surface area contributed by atoms with Gasteiger partial charge in [-0.2, -0.15) is 5.10 Å². The molecule has 1 unspecified atom stereocenters. The third-order valence-electron chi connectivity index (χ3n) is 5.55. The number of piperidine rings is 1. The number of H-pyrrole nitrogens is 1. The van der Waals surface area contributed by atoms with E-state index in [1.807, 2.05) is 31.2 Å². The highest BCUT2D eigenvalue weighted by molar-refractivity contribution is 7.71. The zero-order chi connectivity index (χ0) is 23.3. The maximum Gasteiger partial charge on any atom is 0.310 e. The molecule has 1 fully saturated rings. The van der Waals surface area contributed by atoms with Gasteiger partial charge in [0.25, 0.3) is 0 Å². The molecule has 3 rings (SSSR count). The molecule has 0 spiro atoms. The molecule has 1 N–H and O–H groups in total. The minimum atomic E-state index is -0.310. The highest BCUT2D eigenvalue weighted by Crippen LogP contribution is 2.19. The topological polar surface area (TPSA) is 101 Å². The van der Waals surface area contributed by atoms with Crippen molar-refractivity contribution in [3.05, 3.63) is 34.6 Å². The fourth-order valence-corrected chi connectivity index (χ4v) is 3.89. The van der Waals surface area contributed by atoms with Crippen LogP contribution in [0.3, 0.4) is 0 Å². The van der Waals surface area contributed by atoms with Crippen molar-refractivity contribution in [1.82, 2.24) is 24.6 Å². The van der Waals surface area contributed by atoms with Gasteiger partial charge < -0.3 is 14.5 Å². The van der Waals surface area contributed by atoms with Crippen LogP contribution in [0.5, 0.6) is 0 Å². The van der Waals surface area contributed by atoms with Crippen molar-refractivity contribution in [3.8, 4) is 11.4 Å². The normalized spacial score (nSPS) is 16.0. The third-order valence-corrected chi connectivity index (χ3v) is 5.87. The number of esters is 1. The van der Waals surface area contributed by atoms with Crippen molar-refractivity contribution < 1.29 is 19.1 Å². The quantitative estimate of drug-likeness (QED) is 0.503. The van der Waals surface area contributed by atoms with E-state index >= 15 is 0 Å². The second-order valence-electron chi connectivity index (χ2n) is 7.99. The summed E-state index contributed by atoms with van der Waals surface area (Å²) >= 11 is 5.31. The standard InChI is InChI=1S/C22H29N5O4S/c1-4-31-21(30)17-6-5-11-26(12-17)19(29)13-25(3)18(28)14-27-20(23-24-22(27)32)16-9-7-15(2)8-10-16/h7-10,17H,4-6,11-14H2,1-3H3,(H,24,32). The average molecular weight is 460 g/mol. The first kappa shape index (κ1) is 23.6. The smallest absolute Gasteiger partial charge is 0.310 e. The Hall–Kier alpha value is -3.01. The monoisotopic (exact) mass is 459 g/mol. The van der Waals surface area contributed by atoms with Crippen LogP contribution in [0.4, 0.5) is 0 Å². The highest BCUT2D eigenvalue weighted by Gasteiger charge is 2.30. The predicted octanol–water partition coefficient (Wildman–Crippen LogP) is 2.18. The number of likely N-dealkylation sites (tertiary alicyclic amines) is 1.